The van der Waals surface area contributed by atoms with Gasteiger partial charge in [-0.15, -0.1) is 12.6 Å². The van der Waals surface area contributed by atoms with E-state index in [9.17, 15) is 14.4 Å². The molecule has 0 atom stereocenters. The Kier molecular flexibility index (Phi) is 12.0. The summed E-state index contributed by atoms with van der Waals surface area (Å²) in [7, 11) is 0. The zero-order valence-corrected chi connectivity index (χ0v) is 44.1. The number of rotatable bonds is 14. The van der Waals surface area contributed by atoms with E-state index in [4.69, 9.17) is 41.0 Å². The average Bonchev–Trinajstić information content (AvgIpc) is 3.30. The molecular formula is C61H76O9S. The number of thiol groups is 1. The smallest absolute Gasteiger partial charge is 0.344 e. The molecule has 0 aliphatic heterocycles. The fourth-order valence-electron chi connectivity index (χ4n) is 17.9. The molecule has 3 aromatic rings. The lowest BCUT2D eigenvalue weighted by Crippen LogP contribution is -2.58. The molecule has 10 heteroatoms. The minimum Gasteiger partial charge on any atom is -0.481 e. The number of benzene rings is 3. The maximum Gasteiger partial charge on any atom is 0.344 e. The highest BCUT2D eigenvalue weighted by Gasteiger charge is 2.59. The Balaban J connectivity index is 0.814. The van der Waals surface area contributed by atoms with E-state index in [0.717, 1.165) is 162 Å². The van der Waals surface area contributed by atoms with Crippen LogP contribution in [0.5, 0.6) is 17.2 Å². The highest BCUT2D eigenvalue weighted by molar-refractivity contribution is 7.80. The standard InChI is InChI=1S/C61H76O9S/c1-32-8-42(9-33(2)56(32)65-29-53(62)68-59(5)44-15-36-12-37(17-44)18-45(59)16-36)51-27-43(10-34(3)57(51)66-30-54(63)69-60(6)46-19-38-13-39(21-46)22-47(60)20-38)52-28-50(71)11-35(4)58(52)67-31-55(64)70-61(7)48-23-40-14-41(25-48)26-49(61)24-40/h8-11,27-28,36-41,44-49,71H,12-26,29-31H2,1-7H3. The number of carbonyl (C=O) groups is 3. The Morgan fingerprint density at radius 2 is 0.676 bits per heavy atom. The molecule has 0 spiro atoms. The predicted octanol–water partition coefficient (Wildman–Crippen LogP) is 13.0. The summed E-state index contributed by atoms with van der Waals surface area (Å²) in [4.78, 5) is 42.1. The third-order valence-electron chi connectivity index (χ3n) is 20.9. The Labute approximate surface area is 427 Å². The summed E-state index contributed by atoms with van der Waals surface area (Å²) in [6.45, 7) is 13.9. The third kappa shape index (κ3) is 8.48. The van der Waals surface area contributed by atoms with Crippen LogP contribution >= 0.6 is 12.6 Å². The van der Waals surface area contributed by atoms with Crippen LogP contribution in [0.4, 0.5) is 0 Å². The minimum absolute atomic E-state index is 0.160. The van der Waals surface area contributed by atoms with E-state index in [1.807, 2.05) is 39.8 Å². The van der Waals surface area contributed by atoms with Crippen molar-refractivity contribution < 1.29 is 42.8 Å². The molecule has 0 radical (unpaired) electrons. The molecular weight excluding hydrogens is 909 g/mol. The molecule has 12 saturated carbocycles. The van der Waals surface area contributed by atoms with E-state index in [1.165, 1.54) is 19.3 Å². The van der Waals surface area contributed by atoms with Gasteiger partial charge in [-0.2, -0.15) is 0 Å². The number of ether oxygens (including phenoxy) is 6. The molecule has 15 rings (SSSR count). The number of carbonyl (C=O) groups excluding carboxylic acids is 3. The molecule has 0 heterocycles. The Hall–Kier alpha value is -4.18. The van der Waals surface area contributed by atoms with Crippen LogP contribution in [0.1, 0.15) is 139 Å². The summed E-state index contributed by atoms with van der Waals surface area (Å²) >= 11 is 4.83. The van der Waals surface area contributed by atoms with Crippen molar-refractivity contribution in [3.05, 3.63) is 58.7 Å². The third-order valence-corrected chi connectivity index (χ3v) is 21.2. The molecule has 0 amide bonds. The van der Waals surface area contributed by atoms with Gasteiger partial charge in [0, 0.05) is 16.0 Å². The van der Waals surface area contributed by atoms with Gasteiger partial charge < -0.3 is 28.4 Å². The van der Waals surface area contributed by atoms with Crippen molar-refractivity contribution in [3.8, 4) is 39.5 Å². The van der Waals surface area contributed by atoms with Crippen LogP contribution in [0.3, 0.4) is 0 Å². The van der Waals surface area contributed by atoms with Gasteiger partial charge in [0.1, 0.15) is 34.1 Å². The largest absolute Gasteiger partial charge is 0.481 e. The lowest BCUT2D eigenvalue weighted by molar-refractivity contribution is -0.205. The summed E-state index contributed by atoms with van der Waals surface area (Å²) in [6, 6.07) is 12.2. The van der Waals surface area contributed by atoms with Crippen LogP contribution in [-0.4, -0.2) is 54.5 Å². The first-order valence-electron chi connectivity index (χ1n) is 27.5. The van der Waals surface area contributed by atoms with Gasteiger partial charge in [0.2, 0.25) is 0 Å². The van der Waals surface area contributed by atoms with Crippen molar-refractivity contribution in [2.75, 3.05) is 19.8 Å². The van der Waals surface area contributed by atoms with Gasteiger partial charge in [-0.3, -0.25) is 0 Å². The van der Waals surface area contributed by atoms with Gasteiger partial charge in [0.15, 0.2) is 19.8 Å². The highest BCUT2D eigenvalue weighted by Crippen LogP contribution is 2.62. The number of aryl methyl sites for hydroxylation is 4. The zero-order valence-electron chi connectivity index (χ0n) is 43.2. The first-order chi connectivity index (χ1) is 33.9. The summed E-state index contributed by atoms with van der Waals surface area (Å²) in [6.07, 6.45) is 17.8. The predicted molar refractivity (Wildman–Crippen MR) is 275 cm³/mol. The van der Waals surface area contributed by atoms with Gasteiger partial charge in [0.25, 0.3) is 0 Å². The number of esters is 3. The molecule has 71 heavy (non-hydrogen) atoms. The van der Waals surface area contributed by atoms with Crippen molar-refractivity contribution in [3.63, 3.8) is 0 Å². The van der Waals surface area contributed by atoms with Crippen LogP contribution in [0.25, 0.3) is 22.3 Å². The molecule has 3 aromatic carbocycles. The molecule has 0 saturated heterocycles. The maximum atomic E-state index is 14.0. The monoisotopic (exact) mass is 985 g/mol. The summed E-state index contributed by atoms with van der Waals surface area (Å²) in [5, 5.41) is 0. The van der Waals surface area contributed by atoms with Crippen molar-refractivity contribution in [2.45, 2.75) is 166 Å². The highest BCUT2D eigenvalue weighted by atomic mass is 32.1. The first-order valence-corrected chi connectivity index (χ1v) is 28.0. The zero-order chi connectivity index (χ0) is 49.3. The van der Waals surface area contributed by atoms with Gasteiger partial charge >= 0.3 is 17.9 Å². The molecule has 0 N–H and O–H groups in total. The summed E-state index contributed by atoms with van der Waals surface area (Å²) in [5.41, 5.74) is 5.34. The van der Waals surface area contributed by atoms with E-state index < -0.39 is 16.8 Å². The van der Waals surface area contributed by atoms with E-state index in [0.29, 0.717) is 52.8 Å². The fourth-order valence-corrected chi connectivity index (χ4v) is 18.2. The van der Waals surface area contributed by atoms with E-state index in [1.54, 1.807) is 0 Å². The molecule has 0 unspecified atom stereocenters. The van der Waals surface area contributed by atoms with Crippen LogP contribution in [0.15, 0.2) is 41.3 Å². The van der Waals surface area contributed by atoms with Crippen LogP contribution < -0.4 is 14.2 Å². The number of hydrogen-bond acceptors (Lipinski definition) is 10. The van der Waals surface area contributed by atoms with Crippen LogP contribution in [0, 0.1) is 98.7 Å². The second-order valence-corrected chi connectivity index (χ2v) is 26.0. The van der Waals surface area contributed by atoms with Crippen molar-refractivity contribution in [1.29, 1.82) is 0 Å². The quantitative estimate of drug-likeness (QED) is 0.0960. The van der Waals surface area contributed by atoms with Crippen molar-refractivity contribution in [2.24, 2.45) is 71.0 Å². The molecule has 12 aliphatic carbocycles. The Morgan fingerprint density at radius 3 is 1.01 bits per heavy atom. The van der Waals surface area contributed by atoms with Crippen molar-refractivity contribution >= 4 is 30.5 Å². The molecule has 12 fully saturated rings. The molecule has 380 valence electrons. The van der Waals surface area contributed by atoms with E-state index in [-0.39, 0.29) is 37.7 Å². The average molecular weight is 985 g/mol. The second kappa shape index (κ2) is 17.8. The first kappa shape index (κ1) is 47.8. The van der Waals surface area contributed by atoms with E-state index in [2.05, 4.69) is 45.0 Å². The lowest BCUT2D eigenvalue weighted by atomic mass is 9.50. The van der Waals surface area contributed by atoms with Gasteiger partial charge in [-0.1, -0.05) is 0 Å². The molecule has 0 aromatic heterocycles. The van der Waals surface area contributed by atoms with Gasteiger partial charge in [-0.05, 0) is 286 Å². The van der Waals surface area contributed by atoms with E-state index >= 15 is 0 Å². The van der Waals surface area contributed by atoms with Crippen molar-refractivity contribution in [1.82, 2.24) is 0 Å². The summed E-state index contributed by atoms with van der Waals surface area (Å²) < 4.78 is 38.8. The molecule has 12 aliphatic rings. The normalized spacial score (nSPS) is 37.5. The Bertz CT molecular complexity index is 2540. The minimum atomic E-state index is -0.467. The number of hydrogen-bond donors (Lipinski definition) is 1. The molecule has 9 nitrogen and oxygen atoms in total. The summed E-state index contributed by atoms with van der Waals surface area (Å²) in [5.74, 6) is 7.95. The SMILES string of the molecule is Cc1cc(-c2cc(-c3cc(S)cc(C)c3OCC(=O)OC3(C)C4CC5CC(C4)CC3C5)cc(C)c2OCC(=O)OC2(C)C3CC4CC(C3)CC2C4)cc(C)c1OCC(=O)OC1(C)C2CC3CC(C2)CC1C3. The fraction of sp³-hybridized carbons (Fsp3) is 0.656. The molecule has 12 bridgehead atoms. The Morgan fingerprint density at radius 1 is 0.408 bits per heavy atom. The van der Waals surface area contributed by atoms with Gasteiger partial charge in [-0.25, -0.2) is 14.4 Å². The lowest BCUT2D eigenvalue weighted by Gasteiger charge is -2.59. The maximum absolute atomic E-state index is 14.0. The topological polar surface area (TPSA) is 107 Å². The second-order valence-electron chi connectivity index (χ2n) is 25.5. The van der Waals surface area contributed by atoms with Gasteiger partial charge in [0.05, 0.1) is 0 Å². The van der Waals surface area contributed by atoms with Crippen LogP contribution in [-0.2, 0) is 28.6 Å². The van der Waals surface area contributed by atoms with Crippen LogP contribution in [0.2, 0.25) is 0 Å².